The van der Waals surface area contributed by atoms with E-state index in [9.17, 15) is 0 Å². The quantitative estimate of drug-likeness (QED) is 0.652. The van der Waals surface area contributed by atoms with E-state index in [-0.39, 0.29) is 0 Å². The molecule has 1 rings (SSSR count). The Morgan fingerprint density at radius 2 is 2.09 bits per heavy atom. The van der Waals surface area contributed by atoms with Gasteiger partial charge in [0.1, 0.15) is 0 Å². The molecular weight excluding hydrogens is 138 g/mol. The van der Waals surface area contributed by atoms with Gasteiger partial charge >= 0.3 is 0 Å². The van der Waals surface area contributed by atoms with Crippen LogP contribution in [0, 0.1) is 0 Å². The van der Waals surface area contributed by atoms with Gasteiger partial charge in [0, 0.05) is 13.2 Å². The van der Waals surface area contributed by atoms with Gasteiger partial charge in [0.25, 0.3) is 0 Å². The van der Waals surface area contributed by atoms with Crippen molar-refractivity contribution in [2.45, 2.75) is 33.6 Å². The van der Waals surface area contributed by atoms with Crippen LogP contribution in [0.4, 0.5) is 0 Å². The fourth-order valence-corrected chi connectivity index (χ4v) is 0.766. The Labute approximate surface area is 68.4 Å². The molecule has 0 aliphatic rings. The molecule has 0 aromatic carbocycles. The Hall–Kier alpha value is -0.860. The minimum atomic E-state index is 1.04. The van der Waals surface area contributed by atoms with E-state index in [2.05, 4.69) is 17.2 Å². The molecule has 0 fully saturated rings. The summed E-state index contributed by atoms with van der Waals surface area (Å²) in [6, 6.07) is 0. The molecule has 0 saturated heterocycles. The standard InChI is InChI=1S/C6H11N3.C2H6/c1-3-4-6-5-9(2)8-7-6;1-2/h5H,3-4H2,1-2H3;1-2H3. The minimum Gasteiger partial charge on any atom is -0.255 e. The number of hydrogen-bond donors (Lipinski definition) is 0. The molecule has 3 heteroatoms. The van der Waals surface area contributed by atoms with Crippen molar-refractivity contribution in [3.8, 4) is 0 Å². The van der Waals surface area contributed by atoms with E-state index in [0.29, 0.717) is 0 Å². The Kier molecular flexibility index (Phi) is 5.43. The third-order valence-electron chi connectivity index (χ3n) is 1.16. The van der Waals surface area contributed by atoms with Gasteiger partial charge < -0.3 is 0 Å². The summed E-state index contributed by atoms with van der Waals surface area (Å²) in [4.78, 5) is 0. The van der Waals surface area contributed by atoms with Crippen LogP contribution in [0.5, 0.6) is 0 Å². The highest BCUT2D eigenvalue weighted by Crippen LogP contribution is 1.94. The number of aryl methyl sites for hydroxylation is 2. The van der Waals surface area contributed by atoms with Gasteiger partial charge in [-0.2, -0.15) is 0 Å². The first-order valence-corrected chi connectivity index (χ1v) is 4.18. The van der Waals surface area contributed by atoms with Crippen molar-refractivity contribution in [1.82, 2.24) is 15.0 Å². The molecule has 1 aromatic rings. The van der Waals surface area contributed by atoms with E-state index < -0.39 is 0 Å². The van der Waals surface area contributed by atoms with Crippen LogP contribution in [0.1, 0.15) is 32.9 Å². The fraction of sp³-hybridized carbons (Fsp3) is 0.750. The van der Waals surface area contributed by atoms with Gasteiger partial charge in [-0.05, 0) is 6.42 Å². The van der Waals surface area contributed by atoms with E-state index in [1.54, 1.807) is 4.68 Å². The lowest BCUT2D eigenvalue weighted by atomic mass is 10.3. The maximum atomic E-state index is 3.92. The van der Waals surface area contributed by atoms with Crippen LogP contribution in [0.25, 0.3) is 0 Å². The Balaban J connectivity index is 0.000000461. The number of hydrogen-bond acceptors (Lipinski definition) is 2. The summed E-state index contributed by atoms with van der Waals surface area (Å²) < 4.78 is 1.73. The molecule has 64 valence electrons. The molecule has 3 nitrogen and oxygen atoms in total. The number of rotatable bonds is 2. The molecule has 0 atom stereocenters. The molecule has 11 heavy (non-hydrogen) atoms. The third-order valence-corrected chi connectivity index (χ3v) is 1.16. The molecule has 0 aliphatic heterocycles. The van der Waals surface area contributed by atoms with Crippen LogP contribution >= 0.6 is 0 Å². The molecule has 0 N–H and O–H groups in total. The van der Waals surface area contributed by atoms with E-state index in [1.807, 2.05) is 27.1 Å². The average molecular weight is 155 g/mol. The Bertz CT molecular complexity index is 181. The van der Waals surface area contributed by atoms with Crippen molar-refractivity contribution in [1.29, 1.82) is 0 Å². The highest BCUT2D eigenvalue weighted by Gasteiger charge is 1.93. The van der Waals surface area contributed by atoms with Gasteiger partial charge in [0.05, 0.1) is 5.69 Å². The van der Waals surface area contributed by atoms with E-state index in [1.165, 1.54) is 0 Å². The van der Waals surface area contributed by atoms with Crippen molar-refractivity contribution < 1.29 is 0 Å². The van der Waals surface area contributed by atoms with Crippen molar-refractivity contribution >= 4 is 0 Å². The first kappa shape index (κ1) is 10.1. The van der Waals surface area contributed by atoms with Crippen molar-refractivity contribution in [2.75, 3.05) is 0 Å². The molecule has 0 aliphatic carbocycles. The summed E-state index contributed by atoms with van der Waals surface area (Å²) in [6.45, 7) is 6.13. The summed E-state index contributed by atoms with van der Waals surface area (Å²) in [5.41, 5.74) is 1.08. The summed E-state index contributed by atoms with van der Waals surface area (Å²) >= 11 is 0. The summed E-state index contributed by atoms with van der Waals surface area (Å²) in [5.74, 6) is 0. The van der Waals surface area contributed by atoms with Crippen molar-refractivity contribution in [3.05, 3.63) is 11.9 Å². The lowest BCUT2D eigenvalue weighted by molar-refractivity contribution is 0.712. The topological polar surface area (TPSA) is 30.7 Å². The molecule has 1 heterocycles. The second-order valence-electron chi connectivity index (χ2n) is 2.13. The molecule has 0 spiro atoms. The highest BCUT2D eigenvalue weighted by molar-refractivity contribution is 4.90. The largest absolute Gasteiger partial charge is 0.255 e. The highest BCUT2D eigenvalue weighted by atomic mass is 15.4. The monoisotopic (exact) mass is 155 g/mol. The van der Waals surface area contributed by atoms with Crippen LogP contribution in [0.15, 0.2) is 6.20 Å². The third kappa shape index (κ3) is 3.75. The Morgan fingerprint density at radius 3 is 2.45 bits per heavy atom. The van der Waals surface area contributed by atoms with E-state index in [0.717, 1.165) is 18.5 Å². The first-order valence-electron chi connectivity index (χ1n) is 4.18. The molecule has 0 unspecified atom stereocenters. The number of nitrogens with zero attached hydrogens (tertiary/aromatic N) is 3. The van der Waals surface area contributed by atoms with Crippen LogP contribution in [0.2, 0.25) is 0 Å². The molecule has 0 amide bonds. The summed E-state index contributed by atoms with van der Waals surface area (Å²) in [7, 11) is 1.88. The van der Waals surface area contributed by atoms with Crippen LogP contribution < -0.4 is 0 Å². The zero-order valence-electron chi connectivity index (χ0n) is 7.83. The van der Waals surface area contributed by atoms with Gasteiger partial charge in [-0.15, -0.1) is 5.10 Å². The number of aromatic nitrogens is 3. The van der Waals surface area contributed by atoms with Gasteiger partial charge in [0.2, 0.25) is 0 Å². The smallest absolute Gasteiger partial charge is 0.0826 e. The van der Waals surface area contributed by atoms with Gasteiger partial charge in [-0.25, -0.2) is 0 Å². The van der Waals surface area contributed by atoms with Crippen LogP contribution in [-0.2, 0) is 13.5 Å². The maximum absolute atomic E-state index is 3.92. The van der Waals surface area contributed by atoms with Gasteiger partial charge in [-0.1, -0.05) is 32.4 Å². The minimum absolute atomic E-state index is 1.04. The van der Waals surface area contributed by atoms with Crippen molar-refractivity contribution in [3.63, 3.8) is 0 Å². The molecular formula is C8H17N3. The van der Waals surface area contributed by atoms with E-state index >= 15 is 0 Å². The maximum Gasteiger partial charge on any atom is 0.0826 e. The average Bonchev–Trinajstić information content (AvgIpc) is 2.41. The van der Waals surface area contributed by atoms with Crippen LogP contribution in [-0.4, -0.2) is 15.0 Å². The molecule has 0 bridgehead atoms. The zero-order valence-corrected chi connectivity index (χ0v) is 7.83. The van der Waals surface area contributed by atoms with Crippen LogP contribution in [0.3, 0.4) is 0 Å². The Morgan fingerprint density at radius 1 is 1.45 bits per heavy atom. The van der Waals surface area contributed by atoms with Crippen molar-refractivity contribution in [2.24, 2.45) is 7.05 Å². The lowest BCUT2D eigenvalue weighted by Gasteiger charge is -1.84. The first-order chi connectivity index (χ1) is 5.33. The second kappa shape index (κ2) is 5.89. The predicted octanol–water partition coefficient (Wildman–Crippen LogP) is 1.79. The molecule has 0 radical (unpaired) electrons. The molecule has 0 saturated carbocycles. The van der Waals surface area contributed by atoms with Gasteiger partial charge in [-0.3, -0.25) is 4.68 Å². The fourth-order valence-electron chi connectivity index (χ4n) is 0.766. The normalized spacial score (nSPS) is 8.73. The summed E-state index contributed by atoms with van der Waals surface area (Å²) in [6.07, 6.45) is 4.12. The molecule has 1 aromatic heterocycles. The predicted molar refractivity (Wildman–Crippen MR) is 46.3 cm³/mol. The van der Waals surface area contributed by atoms with E-state index in [4.69, 9.17) is 0 Å². The van der Waals surface area contributed by atoms with Gasteiger partial charge in [0.15, 0.2) is 0 Å². The second-order valence-corrected chi connectivity index (χ2v) is 2.13. The zero-order chi connectivity index (χ0) is 8.69. The SMILES string of the molecule is CC.CCCc1cn(C)nn1. The lowest BCUT2D eigenvalue weighted by Crippen LogP contribution is -1.85. The summed E-state index contributed by atoms with van der Waals surface area (Å²) in [5, 5.41) is 7.72.